The molecule has 1 fully saturated rings. The van der Waals surface area contributed by atoms with E-state index in [2.05, 4.69) is 26.8 Å². The first-order valence-corrected chi connectivity index (χ1v) is 8.56. The molecule has 0 unspecified atom stereocenters. The monoisotopic (exact) mass is 365 g/mol. The zero-order valence-electron chi connectivity index (χ0n) is 14.6. The van der Waals surface area contributed by atoms with E-state index in [4.69, 9.17) is 5.73 Å². The Balaban J connectivity index is 1.92. The standard InChI is InChI=1S/C18H22F3N5/c1-25-7-2-8-26(10-9-25)17-23-15(12-22)11-16(24-17)13-3-5-14(6-4-13)18(19,20)21/h3-6,11H,2,7-10,12,22H2,1H3. The fourth-order valence-corrected chi connectivity index (χ4v) is 2.95. The largest absolute Gasteiger partial charge is 0.416 e. The molecule has 1 saturated heterocycles. The van der Waals surface area contributed by atoms with E-state index >= 15 is 0 Å². The minimum Gasteiger partial charge on any atom is -0.339 e. The molecule has 8 heteroatoms. The van der Waals surface area contributed by atoms with E-state index in [1.165, 1.54) is 12.1 Å². The Kier molecular flexibility index (Phi) is 5.43. The summed E-state index contributed by atoms with van der Waals surface area (Å²) in [5.41, 5.74) is 6.96. The predicted molar refractivity (Wildman–Crippen MR) is 94.7 cm³/mol. The molecule has 0 amide bonds. The second-order valence-electron chi connectivity index (χ2n) is 6.47. The first-order valence-electron chi connectivity index (χ1n) is 8.56. The van der Waals surface area contributed by atoms with Gasteiger partial charge in [0, 0.05) is 31.7 Å². The van der Waals surface area contributed by atoms with Crippen LogP contribution in [-0.2, 0) is 12.7 Å². The van der Waals surface area contributed by atoms with Crippen molar-refractivity contribution in [1.29, 1.82) is 0 Å². The number of anilines is 1. The van der Waals surface area contributed by atoms with Crippen LogP contribution >= 0.6 is 0 Å². The van der Waals surface area contributed by atoms with Gasteiger partial charge in [-0.15, -0.1) is 0 Å². The molecule has 5 nitrogen and oxygen atoms in total. The van der Waals surface area contributed by atoms with Gasteiger partial charge in [0.25, 0.3) is 0 Å². The van der Waals surface area contributed by atoms with Gasteiger partial charge in [-0.3, -0.25) is 0 Å². The zero-order chi connectivity index (χ0) is 18.7. The molecule has 1 aliphatic heterocycles. The lowest BCUT2D eigenvalue weighted by atomic mass is 10.1. The number of nitrogens with two attached hydrogens (primary N) is 1. The lowest BCUT2D eigenvalue weighted by molar-refractivity contribution is -0.137. The van der Waals surface area contributed by atoms with E-state index in [1.807, 2.05) is 0 Å². The molecule has 140 valence electrons. The van der Waals surface area contributed by atoms with Crippen molar-refractivity contribution < 1.29 is 13.2 Å². The van der Waals surface area contributed by atoms with Crippen LogP contribution in [0.4, 0.5) is 19.1 Å². The average Bonchev–Trinajstić information content (AvgIpc) is 2.85. The first kappa shape index (κ1) is 18.6. The number of hydrogen-bond acceptors (Lipinski definition) is 5. The molecule has 0 spiro atoms. The highest BCUT2D eigenvalue weighted by Gasteiger charge is 2.30. The Hall–Kier alpha value is -2.19. The van der Waals surface area contributed by atoms with Crippen molar-refractivity contribution >= 4 is 5.95 Å². The van der Waals surface area contributed by atoms with Gasteiger partial charge in [0.05, 0.1) is 17.0 Å². The average molecular weight is 365 g/mol. The van der Waals surface area contributed by atoms with Gasteiger partial charge in [-0.05, 0) is 38.2 Å². The Morgan fingerprint density at radius 2 is 1.77 bits per heavy atom. The lowest BCUT2D eigenvalue weighted by Crippen LogP contribution is -2.30. The number of benzene rings is 1. The number of nitrogens with zero attached hydrogens (tertiary/aromatic N) is 4. The van der Waals surface area contributed by atoms with Gasteiger partial charge in [0.2, 0.25) is 5.95 Å². The van der Waals surface area contributed by atoms with Crippen molar-refractivity contribution in [3.63, 3.8) is 0 Å². The summed E-state index contributed by atoms with van der Waals surface area (Å²) in [6.07, 6.45) is -3.35. The Morgan fingerprint density at radius 1 is 1.04 bits per heavy atom. The van der Waals surface area contributed by atoms with Crippen molar-refractivity contribution in [3.05, 3.63) is 41.6 Å². The maximum Gasteiger partial charge on any atom is 0.416 e. The zero-order valence-corrected chi connectivity index (χ0v) is 14.6. The number of halogens is 3. The predicted octanol–water partition coefficient (Wildman–Crippen LogP) is 2.76. The molecule has 0 aliphatic carbocycles. The Labute approximate surface area is 150 Å². The fraction of sp³-hybridized carbons (Fsp3) is 0.444. The third kappa shape index (κ3) is 4.31. The number of rotatable bonds is 3. The minimum absolute atomic E-state index is 0.247. The molecule has 2 aromatic rings. The van der Waals surface area contributed by atoms with Crippen LogP contribution in [0.25, 0.3) is 11.3 Å². The molecule has 1 aliphatic rings. The highest BCUT2D eigenvalue weighted by atomic mass is 19.4. The summed E-state index contributed by atoms with van der Waals surface area (Å²) < 4.78 is 38.3. The molecular weight excluding hydrogens is 343 g/mol. The minimum atomic E-state index is -4.35. The molecule has 3 rings (SSSR count). The second kappa shape index (κ2) is 7.59. The van der Waals surface area contributed by atoms with Crippen LogP contribution in [0.2, 0.25) is 0 Å². The van der Waals surface area contributed by atoms with Crippen molar-refractivity contribution in [1.82, 2.24) is 14.9 Å². The van der Waals surface area contributed by atoms with Crippen molar-refractivity contribution in [3.8, 4) is 11.3 Å². The molecule has 0 bridgehead atoms. The van der Waals surface area contributed by atoms with Crippen LogP contribution < -0.4 is 10.6 Å². The summed E-state index contributed by atoms with van der Waals surface area (Å²) in [7, 11) is 2.08. The van der Waals surface area contributed by atoms with Crippen LogP contribution in [-0.4, -0.2) is 48.1 Å². The van der Waals surface area contributed by atoms with Crippen molar-refractivity contribution in [2.75, 3.05) is 38.1 Å². The fourth-order valence-electron chi connectivity index (χ4n) is 2.95. The lowest BCUT2D eigenvalue weighted by Gasteiger charge is -2.21. The summed E-state index contributed by atoms with van der Waals surface area (Å²) in [4.78, 5) is 13.5. The molecule has 2 heterocycles. The van der Waals surface area contributed by atoms with Gasteiger partial charge < -0.3 is 15.5 Å². The molecule has 0 saturated carbocycles. The van der Waals surface area contributed by atoms with Gasteiger partial charge in [-0.1, -0.05) is 12.1 Å². The second-order valence-corrected chi connectivity index (χ2v) is 6.47. The third-order valence-electron chi connectivity index (χ3n) is 4.49. The maximum absolute atomic E-state index is 12.8. The third-order valence-corrected chi connectivity index (χ3v) is 4.49. The van der Waals surface area contributed by atoms with Crippen molar-refractivity contribution in [2.45, 2.75) is 19.1 Å². The van der Waals surface area contributed by atoms with Gasteiger partial charge in [0.15, 0.2) is 0 Å². The van der Waals surface area contributed by atoms with E-state index in [9.17, 15) is 13.2 Å². The SMILES string of the molecule is CN1CCCN(c2nc(CN)cc(-c3ccc(C(F)(F)F)cc3)n2)CC1. The van der Waals surface area contributed by atoms with E-state index in [0.717, 1.165) is 44.7 Å². The molecule has 1 aromatic heterocycles. The number of hydrogen-bond donors (Lipinski definition) is 1. The highest BCUT2D eigenvalue weighted by Crippen LogP contribution is 2.31. The normalized spacial score (nSPS) is 16.6. The molecule has 0 radical (unpaired) electrons. The van der Waals surface area contributed by atoms with Gasteiger partial charge in [-0.25, -0.2) is 9.97 Å². The molecule has 26 heavy (non-hydrogen) atoms. The summed E-state index contributed by atoms with van der Waals surface area (Å²) in [5.74, 6) is 0.582. The summed E-state index contributed by atoms with van der Waals surface area (Å²) in [5, 5.41) is 0. The van der Waals surface area contributed by atoms with Crippen molar-refractivity contribution in [2.24, 2.45) is 5.73 Å². The number of likely N-dealkylation sites (N-methyl/N-ethyl adjacent to an activating group) is 1. The number of aromatic nitrogens is 2. The van der Waals surface area contributed by atoms with Gasteiger partial charge >= 0.3 is 6.18 Å². The van der Waals surface area contributed by atoms with Gasteiger partial charge in [-0.2, -0.15) is 13.2 Å². The Morgan fingerprint density at radius 3 is 2.42 bits per heavy atom. The van der Waals surface area contributed by atoms with Crippen LogP contribution in [0.3, 0.4) is 0 Å². The summed E-state index contributed by atoms with van der Waals surface area (Å²) >= 11 is 0. The van der Waals surface area contributed by atoms with Crippen LogP contribution in [0.5, 0.6) is 0 Å². The molecule has 0 atom stereocenters. The Bertz CT molecular complexity index is 745. The van der Waals surface area contributed by atoms with E-state index < -0.39 is 11.7 Å². The van der Waals surface area contributed by atoms with Crippen LogP contribution in [0.15, 0.2) is 30.3 Å². The number of alkyl halides is 3. The van der Waals surface area contributed by atoms with E-state index in [-0.39, 0.29) is 6.54 Å². The van der Waals surface area contributed by atoms with Gasteiger partial charge in [0.1, 0.15) is 0 Å². The van der Waals surface area contributed by atoms with E-state index in [1.54, 1.807) is 6.07 Å². The first-order chi connectivity index (χ1) is 12.4. The maximum atomic E-state index is 12.8. The smallest absolute Gasteiger partial charge is 0.339 e. The summed E-state index contributed by atoms with van der Waals surface area (Å²) in [6, 6.07) is 6.74. The summed E-state index contributed by atoms with van der Waals surface area (Å²) in [6.45, 7) is 3.81. The van der Waals surface area contributed by atoms with Crippen LogP contribution in [0.1, 0.15) is 17.7 Å². The van der Waals surface area contributed by atoms with Crippen LogP contribution in [0, 0.1) is 0 Å². The van der Waals surface area contributed by atoms with E-state index in [0.29, 0.717) is 22.9 Å². The topological polar surface area (TPSA) is 58.3 Å². The highest BCUT2D eigenvalue weighted by molar-refractivity contribution is 5.61. The molecular formula is C18H22F3N5. The quantitative estimate of drug-likeness (QED) is 0.906. The molecule has 2 N–H and O–H groups in total. The molecule has 1 aromatic carbocycles.